The molecule has 1 unspecified atom stereocenters. The van der Waals surface area contributed by atoms with Crippen LogP contribution < -0.4 is 20.1 Å². The first kappa shape index (κ1) is 22.7. The minimum atomic E-state index is 0.541. The predicted octanol–water partition coefficient (Wildman–Crippen LogP) is 5.12. The summed E-state index contributed by atoms with van der Waals surface area (Å²) in [5, 5.41) is 11.7. The summed E-state index contributed by atoms with van der Waals surface area (Å²) in [7, 11) is 0. The molecule has 8 nitrogen and oxygen atoms in total. The van der Waals surface area contributed by atoms with Crippen LogP contribution in [0.15, 0.2) is 54.6 Å². The summed E-state index contributed by atoms with van der Waals surface area (Å²) in [6.07, 6.45) is 2.64. The molecule has 1 fully saturated rings. The maximum atomic E-state index is 5.79. The number of benzene rings is 2. The number of ether oxygens (including phenoxy) is 2. The van der Waals surface area contributed by atoms with Gasteiger partial charge < -0.3 is 20.1 Å². The average Bonchev–Trinajstić information content (AvgIpc) is 3.57. The monoisotopic (exact) mass is 484 g/mol. The van der Waals surface area contributed by atoms with Crippen molar-refractivity contribution in [1.29, 1.82) is 0 Å². The molecular formula is C28H32N6O2. The third-order valence-electron chi connectivity index (χ3n) is 6.93. The molecule has 4 aromatic rings. The van der Waals surface area contributed by atoms with Gasteiger partial charge in [-0.1, -0.05) is 0 Å². The maximum absolute atomic E-state index is 5.79. The Hall–Kier alpha value is -3.78. The second kappa shape index (κ2) is 9.70. The highest BCUT2D eigenvalue weighted by Crippen LogP contribution is 2.35. The van der Waals surface area contributed by atoms with E-state index in [1.54, 1.807) is 0 Å². The van der Waals surface area contributed by atoms with Gasteiger partial charge in [-0.05, 0) is 99.9 Å². The van der Waals surface area contributed by atoms with Gasteiger partial charge in [0.2, 0.25) is 5.95 Å². The number of rotatable bonds is 7. The maximum Gasteiger partial charge on any atom is 0.247 e. The lowest BCUT2D eigenvalue weighted by Gasteiger charge is -2.24. The van der Waals surface area contributed by atoms with Crippen LogP contribution in [0.1, 0.15) is 25.3 Å². The van der Waals surface area contributed by atoms with Crippen molar-refractivity contribution in [3.05, 3.63) is 60.2 Å². The largest absolute Gasteiger partial charge is 0.486 e. The summed E-state index contributed by atoms with van der Waals surface area (Å²) >= 11 is 0. The third kappa shape index (κ3) is 4.68. The number of fused-ring (bicyclic) bond motifs is 2. The van der Waals surface area contributed by atoms with E-state index in [0.29, 0.717) is 25.2 Å². The minimum Gasteiger partial charge on any atom is -0.486 e. The summed E-state index contributed by atoms with van der Waals surface area (Å²) in [5.41, 5.74) is 5.92. The van der Waals surface area contributed by atoms with E-state index < -0.39 is 0 Å². The second-order valence-electron chi connectivity index (χ2n) is 9.66. The number of aromatic nitrogens is 3. The van der Waals surface area contributed by atoms with Crippen LogP contribution in [-0.2, 0) is 0 Å². The first-order chi connectivity index (χ1) is 17.6. The van der Waals surface area contributed by atoms with E-state index in [9.17, 15) is 0 Å². The molecule has 0 saturated carbocycles. The summed E-state index contributed by atoms with van der Waals surface area (Å²) in [6, 6.07) is 19.0. The first-order valence-corrected chi connectivity index (χ1v) is 12.7. The van der Waals surface area contributed by atoms with Gasteiger partial charge in [0.05, 0.1) is 5.69 Å². The molecule has 2 aliphatic heterocycles. The lowest BCUT2D eigenvalue weighted by molar-refractivity contribution is 0.171. The lowest BCUT2D eigenvalue weighted by atomic mass is 10.1. The zero-order chi connectivity index (χ0) is 24.5. The highest BCUT2D eigenvalue weighted by molar-refractivity contribution is 5.69. The fourth-order valence-corrected chi connectivity index (χ4v) is 4.96. The van der Waals surface area contributed by atoms with Crippen molar-refractivity contribution >= 4 is 23.0 Å². The minimum absolute atomic E-state index is 0.541. The summed E-state index contributed by atoms with van der Waals surface area (Å²) < 4.78 is 13.3. The third-order valence-corrected chi connectivity index (χ3v) is 6.93. The Bertz CT molecular complexity index is 1360. The van der Waals surface area contributed by atoms with E-state index in [1.807, 2.05) is 28.8 Å². The molecule has 2 N–H and O–H groups in total. The normalized spacial score (nSPS) is 16.3. The van der Waals surface area contributed by atoms with Gasteiger partial charge >= 0.3 is 0 Å². The fourth-order valence-electron chi connectivity index (χ4n) is 4.96. The molecule has 2 aromatic heterocycles. The van der Waals surface area contributed by atoms with Gasteiger partial charge in [0.1, 0.15) is 13.2 Å². The molecule has 2 aromatic carbocycles. The quantitative estimate of drug-likeness (QED) is 0.377. The van der Waals surface area contributed by atoms with Gasteiger partial charge in [0.25, 0.3) is 0 Å². The molecule has 6 rings (SSSR count). The molecular weight excluding hydrogens is 452 g/mol. The van der Waals surface area contributed by atoms with Crippen molar-refractivity contribution in [1.82, 2.24) is 19.5 Å². The molecule has 0 amide bonds. The van der Waals surface area contributed by atoms with E-state index in [4.69, 9.17) is 19.6 Å². The molecule has 36 heavy (non-hydrogen) atoms. The highest BCUT2D eigenvalue weighted by atomic mass is 16.6. The summed E-state index contributed by atoms with van der Waals surface area (Å²) in [6.45, 7) is 8.88. The van der Waals surface area contributed by atoms with Crippen LogP contribution in [0, 0.1) is 6.92 Å². The molecule has 0 radical (unpaired) electrons. The van der Waals surface area contributed by atoms with E-state index in [0.717, 1.165) is 51.9 Å². The molecule has 4 heterocycles. The zero-order valence-electron chi connectivity index (χ0n) is 20.8. The van der Waals surface area contributed by atoms with Gasteiger partial charge in [-0.25, -0.2) is 4.52 Å². The molecule has 0 spiro atoms. The molecule has 8 heteroatoms. The number of likely N-dealkylation sites (tertiary alicyclic amines) is 1. The Balaban J connectivity index is 1.19. The topological polar surface area (TPSA) is 76.0 Å². The Kier molecular flexibility index (Phi) is 6.11. The van der Waals surface area contributed by atoms with E-state index in [1.165, 1.54) is 25.9 Å². The van der Waals surface area contributed by atoms with Crippen molar-refractivity contribution in [3.63, 3.8) is 0 Å². The van der Waals surface area contributed by atoms with Crippen molar-refractivity contribution in [2.45, 2.75) is 32.7 Å². The molecule has 0 aliphatic carbocycles. The Morgan fingerprint density at radius 3 is 2.47 bits per heavy atom. The summed E-state index contributed by atoms with van der Waals surface area (Å²) in [4.78, 5) is 7.29. The zero-order valence-corrected chi connectivity index (χ0v) is 20.8. The van der Waals surface area contributed by atoms with Crippen molar-refractivity contribution in [3.8, 4) is 22.8 Å². The van der Waals surface area contributed by atoms with Crippen LogP contribution in [0.2, 0.25) is 0 Å². The number of pyridine rings is 1. The van der Waals surface area contributed by atoms with Crippen LogP contribution in [0.3, 0.4) is 0 Å². The molecule has 0 bridgehead atoms. The second-order valence-corrected chi connectivity index (χ2v) is 9.66. The number of hydrogen-bond acceptors (Lipinski definition) is 7. The fraction of sp³-hybridized carbons (Fsp3) is 0.357. The first-order valence-electron chi connectivity index (χ1n) is 12.7. The molecule has 2 aliphatic rings. The average molecular weight is 485 g/mol. The molecule has 186 valence electrons. The van der Waals surface area contributed by atoms with Crippen molar-refractivity contribution < 1.29 is 9.47 Å². The standard InChI is InChI=1S/C28H32N6O2/c1-19-15-24(21-5-10-25-26(17-21)36-14-13-35-25)34-27(16-19)31-28(32-34)30-23-8-6-22(7-9-23)29-18-20(2)33-11-3-4-12-33/h5-10,15-17,20,29H,3-4,11-14,18H2,1-2H3,(H,30,32). The molecule has 1 atom stereocenters. The van der Waals surface area contributed by atoms with Crippen molar-refractivity contribution in [2.24, 2.45) is 0 Å². The molecule has 1 saturated heterocycles. The van der Waals surface area contributed by atoms with Gasteiger partial charge in [-0.3, -0.25) is 4.90 Å². The van der Waals surface area contributed by atoms with Gasteiger partial charge in [0, 0.05) is 29.5 Å². The van der Waals surface area contributed by atoms with Crippen LogP contribution in [-0.4, -0.2) is 58.4 Å². The van der Waals surface area contributed by atoms with E-state index in [2.05, 4.69) is 59.7 Å². The number of nitrogens with one attached hydrogen (secondary N) is 2. The van der Waals surface area contributed by atoms with Crippen LogP contribution in [0.25, 0.3) is 16.9 Å². The number of nitrogens with zero attached hydrogens (tertiary/aromatic N) is 4. The lowest BCUT2D eigenvalue weighted by Crippen LogP contribution is -2.35. The van der Waals surface area contributed by atoms with Gasteiger partial charge in [-0.15, -0.1) is 5.10 Å². The number of aryl methyl sites for hydroxylation is 1. The Morgan fingerprint density at radius 2 is 1.67 bits per heavy atom. The van der Waals surface area contributed by atoms with Gasteiger partial charge in [0.15, 0.2) is 17.1 Å². The van der Waals surface area contributed by atoms with Crippen LogP contribution >= 0.6 is 0 Å². The van der Waals surface area contributed by atoms with Crippen LogP contribution in [0.5, 0.6) is 11.5 Å². The Labute approximate surface area is 211 Å². The SMILES string of the molecule is Cc1cc(-c2ccc3c(c2)OCCO3)n2nc(Nc3ccc(NCC(C)N4CCCC4)cc3)nc2c1. The smallest absolute Gasteiger partial charge is 0.247 e. The van der Waals surface area contributed by atoms with Gasteiger partial charge in [-0.2, -0.15) is 4.98 Å². The van der Waals surface area contributed by atoms with E-state index in [-0.39, 0.29) is 0 Å². The number of hydrogen-bond donors (Lipinski definition) is 2. The highest BCUT2D eigenvalue weighted by Gasteiger charge is 2.18. The van der Waals surface area contributed by atoms with Crippen LogP contribution in [0.4, 0.5) is 17.3 Å². The van der Waals surface area contributed by atoms with Crippen molar-refractivity contribution in [2.75, 3.05) is 43.5 Å². The Morgan fingerprint density at radius 1 is 0.917 bits per heavy atom. The predicted molar refractivity (Wildman–Crippen MR) is 143 cm³/mol. The summed E-state index contributed by atoms with van der Waals surface area (Å²) in [5.74, 6) is 2.09. The van der Waals surface area contributed by atoms with E-state index >= 15 is 0 Å². The number of anilines is 3.